The molecule has 0 radical (unpaired) electrons. The first-order valence-corrected chi connectivity index (χ1v) is 10.0. The van der Waals surface area contributed by atoms with Gasteiger partial charge in [-0.1, -0.05) is 24.3 Å². The SMILES string of the molecule is CCOc1ccc([C@@H]2CCCN2[C@H](C)C(=O)N[C@@H](C)c2ccc(F)cc2)cc1. The van der Waals surface area contributed by atoms with Crippen LogP contribution in [0.25, 0.3) is 0 Å². The van der Waals surface area contributed by atoms with Crippen molar-refractivity contribution in [1.29, 1.82) is 0 Å². The number of halogens is 1. The highest BCUT2D eigenvalue weighted by molar-refractivity contribution is 5.81. The van der Waals surface area contributed by atoms with Crippen molar-refractivity contribution >= 4 is 5.91 Å². The van der Waals surface area contributed by atoms with Crippen LogP contribution in [0.5, 0.6) is 5.75 Å². The zero-order valence-corrected chi connectivity index (χ0v) is 16.8. The van der Waals surface area contributed by atoms with E-state index < -0.39 is 0 Å². The molecule has 1 fully saturated rings. The highest BCUT2D eigenvalue weighted by atomic mass is 19.1. The molecule has 0 aromatic heterocycles. The summed E-state index contributed by atoms with van der Waals surface area (Å²) in [7, 11) is 0. The molecule has 1 N–H and O–H groups in total. The molecule has 0 aliphatic carbocycles. The van der Waals surface area contributed by atoms with Crippen LogP contribution in [0.4, 0.5) is 4.39 Å². The number of nitrogens with one attached hydrogen (secondary N) is 1. The van der Waals surface area contributed by atoms with Crippen molar-refractivity contribution < 1.29 is 13.9 Å². The second-order valence-corrected chi connectivity index (χ2v) is 7.36. The normalized spacial score (nSPS) is 19.2. The van der Waals surface area contributed by atoms with Crippen LogP contribution >= 0.6 is 0 Å². The van der Waals surface area contributed by atoms with Gasteiger partial charge in [-0.25, -0.2) is 4.39 Å². The molecule has 2 aromatic rings. The van der Waals surface area contributed by atoms with Gasteiger partial charge in [0.25, 0.3) is 0 Å². The van der Waals surface area contributed by atoms with E-state index >= 15 is 0 Å². The lowest BCUT2D eigenvalue weighted by atomic mass is 10.0. The zero-order chi connectivity index (χ0) is 20.1. The lowest BCUT2D eigenvalue weighted by Gasteiger charge is -2.31. The fourth-order valence-electron chi connectivity index (χ4n) is 3.88. The van der Waals surface area contributed by atoms with E-state index in [-0.39, 0.29) is 29.8 Å². The molecule has 1 aliphatic rings. The first kappa shape index (κ1) is 20.3. The number of likely N-dealkylation sites (tertiary alicyclic amines) is 1. The number of carbonyl (C=O) groups is 1. The predicted octanol–water partition coefficient (Wildman–Crippen LogP) is 4.63. The van der Waals surface area contributed by atoms with E-state index in [0.29, 0.717) is 6.61 Å². The van der Waals surface area contributed by atoms with Gasteiger partial charge in [0.15, 0.2) is 0 Å². The first-order valence-electron chi connectivity index (χ1n) is 10.0. The van der Waals surface area contributed by atoms with Crippen LogP contribution < -0.4 is 10.1 Å². The second-order valence-electron chi connectivity index (χ2n) is 7.36. The summed E-state index contributed by atoms with van der Waals surface area (Å²) >= 11 is 0. The van der Waals surface area contributed by atoms with E-state index in [1.807, 2.05) is 32.9 Å². The van der Waals surface area contributed by atoms with Gasteiger partial charge in [0.05, 0.1) is 18.7 Å². The van der Waals surface area contributed by atoms with Gasteiger partial charge >= 0.3 is 0 Å². The number of carbonyl (C=O) groups excluding carboxylic acids is 1. The van der Waals surface area contributed by atoms with Gasteiger partial charge in [0, 0.05) is 6.04 Å². The van der Waals surface area contributed by atoms with Crippen LogP contribution in [0, 0.1) is 5.82 Å². The van der Waals surface area contributed by atoms with Crippen molar-refractivity contribution in [1.82, 2.24) is 10.2 Å². The maximum atomic E-state index is 13.1. The van der Waals surface area contributed by atoms with Gasteiger partial charge < -0.3 is 10.1 Å². The second kappa shape index (κ2) is 9.20. The van der Waals surface area contributed by atoms with Gasteiger partial charge in [-0.3, -0.25) is 9.69 Å². The topological polar surface area (TPSA) is 41.6 Å². The van der Waals surface area contributed by atoms with Crippen molar-refractivity contribution in [2.24, 2.45) is 0 Å². The van der Waals surface area contributed by atoms with Gasteiger partial charge in [0.1, 0.15) is 11.6 Å². The summed E-state index contributed by atoms with van der Waals surface area (Å²) in [5, 5.41) is 3.07. The monoisotopic (exact) mass is 384 g/mol. The quantitative estimate of drug-likeness (QED) is 0.757. The summed E-state index contributed by atoms with van der Waals surface area (Å²) in [6.45, 7) is 7.40. The molecule has 0 spiro atoms. The van der Waals surface area contributed by atoms with E-state index in [2.05, 4.69) is 22.3 Å². The number of benzene rings is 2. The fraction of sp³-hybridized carbons (Fsp3) is 0.435. The van der Waals surface area contributed by atoms with Gasteiger partial charge in [0.2, 0.25) is 5.91 Å². The van der Waals surface area contributed by atoms with Gasteiger partial charge in [-0.15, -0.1) is 0 Å². The molecule has 1 heterocycles. The van der Waals surface area contributed by atoms with Crippen molar-refractivity contribution in [2.75, 3.05) is 13.2 Å². The summed E-state index contributed by atoms with van der Waals surface area (Å²) < 4.78 is 18.6. The van der Waals surface area contributed by atoms with Crippen LogP contribution in [0.1, 0.15) is 56.8 Å². The lowest BCUT2D eigenvalue weighted by molar-refractivity contribution is -0.126. The predicted molar refractivity (Wildman–Crippen MR) is 109 cm³/mol. The van der Waals surface area contributed by atoms with Gasteiger partial charge in [-0.05, 0) is 75.5 Å². The minimum absolute atomic E-state index is 0.00494. The largest absolute Gasteiger partial charge is 0.494 e. The number of amides is 1. The summed E-state index contributed by atoms with van der Waals surface area (Å²) in [6, 6.07) is 14.3. The molecule has 0 saturated carbocycles. The molecule has 1 aliphatic heterocycles. The number of rotatable bonds is 7. The Kier molecular flexibility index (Phi) is 6.68. The highest BCUT2D eigenvalue weighted by Gasteiger charge is 2.33. The maximum absolute atomic E-state index is 13.1. The zero-order valence-electron chi connectivity index (χ0n) is 16.8. The fourth-order valence-corrected chi connectivity index (χ4v) is 3.88. The van der Waals surface area contributed by atoms with E-state index in [9.17, 15) is 9.18 Å². The Morgan fingerprint density at radius 3 is 2.50 bits per heavy atom. The van der Waals surface area contributed by atoms with Crippen LogP contribution in [-0.2, 0) is 4.79 Å². The Bertz CT molecular complexity index is 776. The van der Waals surface area contributed by atoms with Crippen LogP contribution in [0.3, 0.4) is 0 Å². The third kappa shape index (κ3) is 4.71. The average Bonchev–Trinajstić information content (AvgIpc) is 3.18. The highest BCUT2D eigenvalue weighted by Crippen LogP contribution is 2.34. The van der Waals surface area contributed by atoms with Crippen molar-refractivity contribution in [3.63, 3.8) is 0 Å². The minimum atomic E-state index is -0.272. The molecule has 3 atom stereocenters. The summed E-state index contributed by atoms with van der Waals surface area (Å²) in [5.41, 5.74) is 2.11. The molecule has 1 amide bonds. The molecular weight excluding hydrogens is 355 g/mol. The van der Waals surface area contributed by atoms with E-state index in [1.54, 1.807) is 12.1 Å². The smallest absolute Gasteiger partial charge is 0.237 e. The van der Waals surface area contributed by atoms with Crippen LogP contribution in [0.15, 0.2) is 48.5 Å². The van der Waals surface area contributed by atoms with E-state index in [1.165, 1.54) is 17.7 Å². The molecular formula is C23H29FN2O2. The van der Waals surface area contributed by atoms with Crippen LogP contribution in [-0.4, -0.2) is 30.0 Å². The molecule has 0 unspecified atom stereocenters. The summed E-state index contributed by atoms with van der Waals surface area (Å²) in [6.07, 6.45) is 2.11. The standard InChI is InChI=1S/C23H29FN2O2/c1-4-28-21-13-9-19(10-14-21)22-6-5-15-26(22)17(3)23(27)25-16(2)18-7-11-20(24)12-8-18/h7-14,16-17,22H,4-6,15H2,1-3H3,(H,25,27)/t16-,17+,22-/m0/s1. The third-order valence-electron chi connectivity index (χ3n) is 5.48. The van der Waals surface area contributed by atoms with Gasteiger partial charge in [-0.2, -0.15) is 0 Å². The molecule has 0 bridgehead atoms. The third-order valence-corrected chi connectivity index (χ3v) is 5.48. The van der Waals surface area contributed by atoms with Crippen molar-refractivity contribution in [3.05, 3.63) is 65.5 Å². The van der Waals surface area contributed by atoms with Crippen LogP contribution in [0.2, 0.25) is 0 Å². The Morgan fingerprint density at radius 1 is 1.18 bits per heavy atom. The number of hydrogen-bond donors (Lipinski definition) is 1. The lowest BCUT2D eigenvalue weighted by Crippen LogP contribution is -2.45. The molecule has 3 rings (SSSR count). The molecule has 4 nitrogen and oxygen atoms in total. The number of nitrogens with zero attached hydrogens (tertiary/aromatic N) is 1. The molecule has 150 valence electrons. The molecule has 2 aromatic carbocycles. The molecule has 5 heteroatoms. The Morgan fingerprint density at radius 2 is 1.86 bits per heavy atom. The summed E-state index contributed by atoms with van der Waals surface area (Å²) in [5.74, 6) is 0.593. The molecule has 1 saturated heterocycles. The number of hydrogen-bond acceptors (Lipinski definition) is 3. The maximum Gasteiger partial charge on any atom is 0.237 e. The Balaban J connectivity index is 1.65. The molecule has 28 heavy (non-hydrogen) atoms. The van der Waals surface area contributed by atoms with E-state index in [0.717, 1.165) is 30.7 Å². The minimum Gasteiger partial charge on any atom is -0.494 e. The Hall–Kier alpha value is -2.40. The van der Waals surface area contributed by atoms with E-state index in [4.69, 9.17) is 4.74 Å². The number of ether oxygens (including phenoxy) is 1. The first-order chi connectivity index (χ1) is 13.5. The van der Waals surface area contributed by atoms with Crippen molar-refractivity contribution in [2.45, 2.75) is 51.7 Å². The average molecular weight is 384 g/mol. The van der Waals surface area contributed by atoms with Crippen molar-refractivity contribution in [3.8, 4) is 5.75 Å². The summed E-state index contributed by atoms with van der Waals surface area (Å²) in [4.78, 5) is 15.1. The Labute approximate surface area is 166 Å².